The molecule has 0 unspecified atom stereocenters. The Hall–Kier alpha value is -0.970. The molecule has 0 spiro atoms. The van der Waals surface area contributed by atoms with E-state index in [2.05, 4.69) is 0 Å². The van der Waals surface area contributed by atoms with E-state index in [-0.39, 0.29) is 11.8 Å². The van der Waals surface area contributed by atoms with Gasteiger partial charge in [0.15, 0.2) is 0 Å². The van der Waals surface area contributed by atoms with Gasteiger partial charge in [-0.2, -0.15) is 0 Å². The van der Waals surface area contributed by atoms with Crippen molar-refractivity contribution in [3.63, 3.8) is 0 Å². The Kier molecular flexibility index (Phi) is 3.36. The lowest BCUT2D eigenvalue weighted by molar-refractivity contribution is -0.130. The SMILES string of the molecule is O=C(O)N1CCN(C(=O)CCl)CC1. The highest BCUT2D eigenvalue weighted by Crippen LogP contribution is 2.02. The Labute approximate surface area is 80.9 Å². The lowest BCUT2D eigenvalue weighted by atomic mass is 10.3. The van der Waals surface area contributed by atoms with Crippen LogP contribution in [-0.4, -0.2) is 59.0 Å². The van der Waals surface area contributed by atoms with Crippen molar-refractivity contribution in [1.29, 1.82) is 0 Å². The molecule has 0 atom stereocenters. The monoisotopic (exact) mass is 206 g/mol. The summed E-state index contributed by atoms with van der Waals surface area (Å²) >= 11 is 5.36. The molecular weight excluding hydrogens is 196 g/mol. The second-order valence-electron chi connectivity index (χ2n) is 2.78. The third-order valence-electron chi connectivity index (χ3n) is 2.02. The lowest BCUT2D eigenvalue weighted by Gasteiger charge is -2.32. The number of carboxylic acid groups (broad SMARTS) is 1. The summed E-state index contributed by atoms with van der Waals surface area (Å²) in [5.41, 5.74) is 0. The second kappa shape index (κ2) is 4.32. The van der Waals surface area contributed by atoms with E-state index >= 15 is 0 Å². The van der Waals surface area contributed by atoms with Crippen LogP contribution in [0.4, 0.5) is 4.79 Å². The molecule has 0 bridgehead atoms. The Morgan fingerprint density at radius 3 is 2.00 bits per heavy atom. The summed E-state index contributed by atoms with van der Waals surface area (Å²) in [6.07, 6.45) is -0.932. The van der Waals surface area contributed by atoms with Gasteiger partial charge in [0.1, 0.15) is 5.88 Å². The van der Waals surface area contributed by atoms with Gasteiger partial charge in [-0.3, -0.25) is 4.79 Å². The number of rotatable bonds is 1. The molecule has 0 aromatic heterocycles. The molecule has 74 valence electrons. The standard InChI is InChI=1S/C7H11ClN2O3/c8-5-6(11)9-1-3-10(4-2-9)7(12)13/h1-5H2,(H,12,13). The van der Waals surface area contributed by atoms with Gasteiger partial charge >= 0.3 is 6.09 Å². The molecule has 1 saturated heterocycles. The highest BCUT2D eigenvalue weighted by molar-refractivity contribution is 6.27. The molecule has 1 aliphatic heterocycles. The van der Waals surface area contributed by atoms with E-state index in [0.29, 0.717) is 26.2 Å². The van der Waals surface area contributed by atoms with Crippen LogP contribution in [0, 0.1) is 0 Å². The van der Waals surface area contributed by atoms with Crippen LogP contribution in [0.15, 0.2) is 0 Å². The van der Waals surface area contributed by atoms with Crippen molar-refractivity contribution in [2.75, 3.05) is 32.1 Å². The first-order valence-corrected chi connectivity index (χ1v) is 4.50. The number of halogens is 1. The molecule has 1 N–H and O–H groups in total. The molecule has 1 heterocycles. The zero-order valence-corrected chi connectivity index (χ0v) is 7.83. The van der Waals surface area contributed by atoms with Gasteiger partial charge in [-0.15, -0.1) is 11.6 Å². The number of carbonyl (C=O) groups is 2. The number of alkyl halides is 1. The Morgan fingerprint density at radius 2 is 1.62 bits per heavy atom. The van der Waals surface area contributed by atoms with Gasteiger partial charge in [-0.1, -0.05) is 0 Å². The number of nitrogens with zero attached hydrogens (tertiary/aromatic N) is 2. The number of hydrogen-bond acceptors (Lipinski definition) is 2. The molecule has 0 aromatic carbocycles. The first-order valence-electron chi connectivity index (χ1n) is 3.96. The average molecular weight is 207 g/mol. The lowest BCUT2D eigenvalue weighted by Crippen LogP contribution is -2.50. The Morgan fingerprint density at radius 1 is 1.15 bits per heavy atom. The minimum Gasteiger partial charge on any atom is -0.465 e. The number of carbonyl (C=O) groups excluding carboxylic acids is 1. The zero-order chi connectivity index (χ0) is 9.84. The van der Waals surface area contributed by atoms with Gasteiger partial charge in [0, 0.05) is 26.2 Å². The maximum atomic E-state index is 11.1. The van der Waals surface area contributed by atoms with Crippen molar-refractivity contribution < 1.29 is 14.7 Å². The zero-order valence-electron chi connectivity index (χ0n) is 7.07. The predicted octanol–water partition coefficient (Wildman–Crippen LogP) is 0.0474. The largest absolute Gasteiger partial charge is 0.465 e. The summed E-state index contributed by atoms with van der Waals surface area (Å²) in [5, 5.41) is 8.62. The van der Waals surface area contributed by atoms with Crippen LogP contribution >= 0.6 is 11.6 Å². The number of amides is 2. The summed E-state index contributed by atoms with van der Waals surface area (Å²) in [6, 6.07) is 0. The van der Waals surface area contributed by atoms with Crippen LogP contribution in [0.3, 0.4) is 0 Å². The van der Waals surface area contributed by atoms with E-state index < -0.39 is 6.09 Å². The molecule has 2 amide bonds. The molecule has 13 heavy (non-hydrogen) atoms. The summed E-state index contributed by atoms with van der Waals surface area (Å²) < 4.78 is 0. The fourth-order valence-corrected chi connectivity index (χ4v) is 1.40. The van der Waals surface area contributed by atoms with Gasteiger partial charge in [0.05, 0.1) is 0 Å². The molecule has 1 fully saturated rings. The minimum atomic E-state index is -0.932. The van der Waals surface area contributed by atoms with Crippen molar-refractivity contribution in [3.05, 3.63) is 0 Å². The Bertz CT molecular complexity index is 214. The van der Waals surface area contributed by atoms with E-state index in [9.17, 15) is 9.59 Å². The summed E-state index contributed by atoms with van der Waals surface area (Å²) in [4.78, 5) is 24.4. The van der Waals surface area contributed by atoms with Gasteiger partial charge in [0.25, 0.3) is 0 Å². The van der Waals surface area contributed by atoms with E-state index in [0.717, 1.165) is 0 Å². The molecule has 0 radical (unpaired) electrons. The highest BCUT2D eigenvalue weighted by Gasteiger charge is 2.22. The first-order chi connectivity index (χ1) is 6.15. The fraction of sp³-hybridized carbons (Fsp3) is 0.714. The van der Waals surface area contributed by atoms with Crippen LogP contribution < -0.4 is 0 Å². The molecule has 0 aliphatic carbocycles. The number of hydrogen-bond donors (Lipinski definition) is 1. The number of piperazine rings is 1. The van der Waals surface area contributed by atoms with Crippen molar-refractivity contribution in [3.8, 4) is 0 Å². The first kappa shape index (κ1) is 10.1. The highest BCUT2D eigenvalue weighted by atomic mass is 35.5. The van der Waals surface area contributed by atoms with Crippen LogP contribution in [0.2, 0.25) is 0 Å². The summed E-state index contributed by atoms with van der Waals surface area (Å²) in [5.74, 6) is -0.167. The molecule has 0 saturated carbocycles. The topological polar surface area (TPSA) is 60.9 Å². The summed E-state index contributed by atoms with van der Waals surface area (Å²) in [6.45, 7) is 1.63. The molecule has 5 nitrogen and oxygen atoms in total. The third kappa shape index (κ3) is 2.48. The molecule has 1 aliphatic rings. The van der Waals surface area contributed by atoms with Crippen LogP contribution in [-0.2, 0) is 4.79 Å². The van der Waals surface area contributed by atoms with Crippen LogP contribution in [0.25, 0.3) is 0 Å². The van der Waals surface area contributed by atoms with Crippen LogP contribution in [0.5, 0.6) is 0 Å². The summed E-state index contributed by atoms with van der Waals surface area (Å²) in [7, 11) is 0. The minimum absolute atomic E-state index is 0.0347. The predicted molar refractivity (Wildman–Crippen MR) is 46.9 cm³/mol. The maximum absolute atomic E-state index is 11.1. The van der Waals surface area contributed by atoms with E-state index in [1.165, 1.54) is 4.90 Å². The normalized spacial score (nSPS) is 17.3. The quantitative estimate of drug-likeness (QED) is 0.617. The van der Waals surface area contributed by atoms with Gasteiger partial charge in [0.2, 0.25) is 5.91 Å². The second-order valence-corrected chi connectivity index (χ2v) is 3.05. The van der Waals surface area contributed by atoms with Gasteiger partial charge in [-0.05, 0) is 0 Å². The van der Waals surface area contributed by atoms with E-state index in [1.807, 2.05) is 0 Å². The van der Waals surface area contributed by atoms with Crippen LogP contribution in [0.1, 0.15) is 0 Å². The van der Waals surface area contributed by atoms with E-state index in [4.69, 9.17) is 16.7 Å². The Balaban J connectivity index is 2.39. The van der Waals surface area contributed by atoms with Gasteiger partial charge in [-0.25, -0.2) is 4.79 Å². The molecule has 0 aromatic rings. The van der Waals surface area contributed by atoms with Crippen molar-refractivity contribution in [1.82, 2.24) is 9.80 Å². The third-order valence-corrected chi connectivity index (χ3v) is 2.25. The molecule has 1 rings (SSSR count). The maximum Gasteiger partial charge on any atom is 0.407 e. The van der Waals surface area contributed by atoms with Crippen molar-refractivity contribution in [2.45, 2.75) is 0 Å². The molecule has 6 heteroatoms. The average Bonchev–Trinajstić information content (AvgIpc) is 2.17. The van der Waals surface area contributed by atoms with Gasteiger partial charge < -0.3 is 14.9 Å². The fourth-order valence-electron chi connectivity index (χ4n) is 1.23. The smallest absolute Gasteiger partial charge is 0.407 e. The van der Waals surface area contributed by atoms with Crippen molar-refractivity contribution >= 4 is 23.6 Å². The molecular formula is C7H11ClN2O3. The van der Waals surface area contributed by atoms with E-state index in [1.54, 1.807) is 4.90 Å². The van der Waals surface area contributed by atoms with Crippen molar-refractivity contribution in [2.24, 2.45) is 0 Å².